The van der Waals surface area contributed by atoms with Gasteiger partial charge >= 0.3 is 0 Å². The van der Waals surface area contributed by atoms with E-state index in [4.69, 9.17) is 28.4 Å². The quantitative estimate of drug-likeness (QED) is 0.0199. The van der Waals surface area contributed by atoms with E-state index in [0.29, 0.717) is 12.8 Å². The summed E-state index contributed by atoms with van der Waals surface area (Å²) in [6.45, 7) is 1.61. The molecule has 19 nitrogen and oxygen atoms in total. The van der Waals surface area contributed by atoms with Gasteiger partial charge in [0.2, 0.25) is 5.91 Å². The molecule has 0 spiro atoms. The standard InChI is InChI=1S/C74H131NO18/c1-3-5-7-9-11-13-15-17-19-21-22-23-24-25-26-27-28-29-30-31-32-33-34-36-38-40-42-44-46-48-50-52-62(80)75-57(58(79)51-49-47-45-43-41-39-37-35-20-18-16-14-12-10-8-6-4-2)56-88-72-68(86)65(83)70(60(54-77)90-72)93-74-69(87)66(84)71(61(55-78)91-74)92-73-67(85)64(82)63(81)59(53-76)89-73/h5,7,11,13,17,19,22-23,41,43,49,51,57-61,63-74,76-79,81-87H,3-4,6,8-10,12,14-16,18,20-21,24-40,42,44-48,50,52-56H2,1-2H3,(H,75,80)/b7-5-,13-11-,19-17-,23-22-,43-41+,51-49+. The predicted octanol–water partition coefficient (Wildman–Crippen LogP) is 10.5. The van der Waals surface area contributed by atoms with Crippen LogP contribution in [-0.4, -0.2) is 193 Å². The van der Waals surface area contributed by atoms with E-state index < -0.39 is 124 Å². The van der Waals surface area contributed by atoms with E-state index in [9.17, 15) is 61.0 Å². The number of ether oxygens (including phenoxy) is 6. The lowest BCUT2D eigenvalue weighted by Crippen LogP contribution is -2.66. The van der Waals surface area contributed by atoms with Gasteiger partial charge in [-0.1, -0.05) is 254 Å². The van der Waals surface area contributed by atoms with Crippen molar-refractivity contribution < 1.29 is 89.4 Å². The highest BCUT2D eigenvalue weighted by Crippen LogP contribution is 2.33. The van der Waals surface area contributed by atoms with Gasteiger partial charge in [0.1, 0.15) is 73.2 Å². The van der Waals surface area contributed by atoms with Crippen LogP contribution in [0.1, 0.15) is 258 Å². The number of unbranched alkanes of at least 4 members (excludes halogenated alkanes) is 30. The third kappa shape index (κ3) is 36.6. The van der Waals surface area contributed by atoms with Crippen LogP contribution in [0, 0.1) is 0 Å². The van der Waals surface area contributed by atoms with Gasteiger partial charge in [-0.15, -0.1) is 0 Å². The van der Waals surface area contributed by atoms with E-state index in [1.807, 2.05) is 6.08 Å². The van der Waals surface area contributed by atoms with Crippen LogP contribution >= 0.6 is 0 Å². The van der Waals surface area contributed by atoms with Crippen LogP contribution in [0.5, 0.6) is 0 Å². The molecule has 17 unspecified atom stereocenters. The topological polar surface area (TPSA) is 307 Å². The van der Waals surface area contributed by atoms with Crippen LogP contribution in [0.25, 0.3) is 0 Å². The zero-order valence-electron chi connectivity index (χ0n) is 57.2. The van der Waals surface area contributed by atoms with Gasteiger partial charge in [0.05, 0.1) is 38.6 Å². The number of carbonyl (C=O) groups excluding carboxylic acids is 1. The summed E-state index contributed by atoms with van der Waals surface area (Å²) in [6, 6.07) is -0.992. The summed E-state index contributed by atoms with van der Waals surface area (Å²) in [6.07, 6.45) is 43.2. The first-order valence-electron chi connectivity index (χ1n) is 36.7. The second-order valence-electron chi connectivity index (χ2n) is 26.0. The van der Waals surface area contributed by atoms with Crippen molar-refractivity contribution in [3.63, 3.8) is 0 Å². The van der Waals surface area contributed by atoms with Crippen LogP contribution in [0.3, 0.4) is 0 Å². The first-order valence-corrected chi connectivity index (χ1v) is 36.7. The molecule has 3 fully saturated rings. The Bertz CT molecular complexity index is 1970. The summed E-state index contributed by atoms with van der Waals surface area (Å²) in [5, 5.41) is 121. The SMILES string of the molecule is CC/C=C\C/C=C\C/C=C\C/C=C\CCCCCCCCCCCCCCCCCCCCC(=O)NC(COC1OC(CO)C(OC2OC(CO)C(OC3OC(CO)C(O)C(O)C3O)C(O)C2O)C(O)C1O)C(O)/C=C/CC/C=C/CCCCCCCCCCCCC. The number of rotatable bonds is 56. The van der Waals surface area contributed by atoms with Crippen LogP contribution in [0.15, 0.2) is 72.9 Å². The second kappa shape index (κ2) is 55.1. The Hall–Kier alpha value is -2.77. The van der Waals surface area contributed by atoms with Crippen molar-refractivity contribution in [1.29, 1.82) is 0 Å². The maximum atomic E-state index is 13.4. The Morgan fingerprint density at radius 3 is 1.20 bits per heavy atom. The number of hydrogen-bond donors (Lipinski definition) is 12. The molecule has 12 N–H and O–H groups in total. The molecule has 0 aromatic carbocycles. The molecule has 3 aliphatic rings. The minimum atomic E-state index is -1.98. The molecule has 0 aliphatic carbocycles. The fourth-order valence-corrected chi connectivity index (χ4v) is 12.1. The molecule has 3 saturated heterocycles. The van der Waals surface area contributed by atoms with Crippen LogP contribution < -0.4 is 5.32 Å². The number of carbonyl (C=O) groups is 1. The Morgan fingerprint density at radius 1 is 0.398 bits per heavy atom. The van der Waals surface area contributed by atoms with E-state index in [1.54, 1.807) is 6.08 Å². The molecule has 19 heteroatoms. The van der Waals surface area contributed by atoms with Gasteiger partial charge in [-0.2, -0.15) is 0 Å². The zero-order chi connectivity index (χ0) is 67.5. The molecule has 3 rings (SSSR count). The number of aliphatic hydroxyl groups is 11. The molecular weight excluding hydrogens is 1190 g/mol. The fourth-order valence-electron chi connectivity index (χ4n) is 12.1. The molecule has 3 aliphatic heterocycles. The van der Waals surface area contributed by atoms with Gasteiger partial charge < -0.3 is 89.9 Å². The van der Waals surface area contributed by atoms with Gasteiger partial charge in [0.25, 0.3) is 0 Å². The smallest absolute Gasteiger partial charge is 0.220 e. The first-order chi connectivity index (χ1) is 45.3. The Kier molecular flexibility index (Phi) is 50.1. The summed E-state index contributed by atoms with van der Waals surface area (Å²) >= 11 is 0. The van der Waals surface area contributed by atoms with Crippen molar-refractivity contribution in [2.24, 2.45) is 0 Å². The number of nitrogens with one attached hydrogen (secondary N) is 1. The summed E-state index contributed by atoms with van der Waals surface area (Å²) in [5.41, 5.74) is 0. The molecule has 0 aromatic heterocycles. The van der Waals surface area contributed by atoms with Gasteiger partial charge in [0, 0.05) is 6.42 Å². The molecule has 0 saturated carbocycles. The Labute approximate surface area is 559 Å². The van der Waals surface area contributed by atoms with Crippen molar-refractivity contribution in [2.45, 2.75) is 362 Å². The third-order valence-electron chi connectivity index (χ3n) is 18.0. The monoisotopic (exact) mass is 1320 g/mol. The number of hydrogen-bond acceptors (Lipinski definition) is 18. The van der Waals surface area contributed by atoms with Crippen molar-refractivity contribution in [3.8, 4) is 0 Å². The maximum absolute atomic E-state index is 13.4. The van der Waals surface area contributed by atoms with E-state index in [-0.39, 0.29) is 18.9 Å². The highest BCUT2D eigenvalue weighted by atomic mass is 16.8. The van der Waals surface area contributed by atoms with Crippen molar-refractivity contribution in [1.82, 2.24) is 5.32 Å². The molecule has 0 aromatic rings. The molecule has 3 heterocycles. The predicted molar refractivity (Wildman–Crippen MR) is 365 cm³/mol. The van der Waals surface area contributed by atoms with Crippen molar-refractivity contribution >= 4 is 5.91 Å². The summed E-state index contributed by atoms with van der Waals surface area (Å²) in [5.74, 6) is -0.285. The van der Waals surface area contributed by atoms with Gasteiger partial charge in [-0.3, -0.25) is 4.79 Å². The van der Waals surface area contributed by atoms with Gasteiger partial charge in [-0.05, 0) is 70.6 Å². The molecular formula is C74H131NO18. The molecule has 0 bridgehead atoms. The normalized spacial score (nSPS) is 27.9. The van der Waals surface area contributed by atoms with E-state index in [0.717, 1.165) is 64.2 Å². The summed E-state index contributed by atoms with van der Waals surface area (Å²) in [7, 11) is 0. The highest BCUT2D eigenvalue weighted by molar-refractivity contribution is 5.76. The lowest BCUT2D eigenvalue weighted by Gasteiger charge is -2.48. The number of aliphatic hydroxyl groups excluding tert-OH is 11. The van der Waals surface area contributed by atoms with Gasteiger partial charge in [-0.25, -0.2) is 0 Å². The summed E-state index contributed by atoms with van der Waals surface area (Å²) in [4.78, 5) is 13.4. The van der Waals surface area contributed by atoms with Crippen molar-refractivity contribution in [3.05, 3.63) is 72.9 Å². The minimum Gasteiger partial charge on any atom is -0.394 e. The number of allylic oxidation sites excluding steroid dienone is 11. The first kappa shape index (κ1) is 84.5. The minimum absolute atomic E-state index is 0.235. The van der Waals surface area contributed by atoms with Crippen molar-refractivity contribution in [2.75, 3.05) is 26.4 Å². The maximum Gasteiger partial charge on any atom is 0.220 e. The lowest BCUT2D eigenvalue weighted by atomic mass is 9.96. The second-order valence-corrected chi connectivity index (χ2v) is 26.0. The number of amides is 1. The molecule has 17 atom stereocenters. The third-order valence-corrected chi connectivity index (χ3v) is 18.0. The van der Waals surface area contributed by atoms with Crippen LogP contribution in [0.4, 0.5) is 0 Å². The summed E-state index contributed by atoms with van der Waals surface area (Å²) < 4.78 is 34.4. The average molecular weight is 1320 g/mol. The molecule has 93 heavy (non-hydrogen) atoms. The largest absolute Gasteiger partial charge is 0.394 e. The van der Waals surface area contributed by atoms with Crippen LogP contribution in [-0.2, 0) is 33.2 Å². The Balaban J connectivity index is 1.39. The Morgan fingerprint density at radius 2 is 0.753 bits per heavy atom. The lowest BCUT2D eigenvalue weighted by molar-refractivity contribution is -0.379. The average Bonchev–Trinajstić information content (AvgIpc) is 0.900. The van der Waals surface area contributed by atoms with E-state index in [1.165, 1.54) is 161 Å². The van der Waals surface area contributed by atoms with E-state index >= 15 is 0 Å². The van der Waals surface area contributed by atoms with Crippen LogP contribution in [0.2, 0.25) is 0 Å². The molecule has 1 amide bonds. The fraction of sp³-hybridized carbons (Fsp3) is 0.824. The molecule has 0 radical (unpaired) electrons. The zero-order valence-corrected chi connectivity index (χ0v) is 57.2. The van der Waals surface area contributed by atoms with Gasteiger partial charge in [0.15, 0.2) is 18.9 Å². The highest BCUT2D eigenvalue weighted by Gasteiger charge is 2.53. The van der Waals surface area contributed by atoms with E-state index in [2.05, 4.69) is 79.9 Å². The molecule has 540 valence electrons.